The molecule has 25 heavy (non-hydrogen) atoms. The fraction of sp³-hybridized carbons (Fsp3) is 0.529. The highest BCUT2D eigenvalue weighted by Gasteiger charge is 2.28. The molecule has 138 valence electrons. The van der Waals surface area contributed by atoms with E-state index in [2.05, 4.69) is 21.2 Å². The molecule has 0 aromatic heterocycles. The average Bonchev–Trinajstić information content (AvgIpc) is 2.49. The monoisotopic (exact) mass is 418 g/mol. The zero-order valence-corrected chi connectivity index (χ0v) is 16.0. The van der Waals surface area contributed by atoms with Crippen LogP contribution in [-0.2, 0) is 4.74 Å². The third kappa shape index (κ3) is 5.39. The van der Waals surface area contributed by atoms with Crippen molar-refractivity contribution in [1.82, 2.24) is 10.2 Å². The van der Waals surface area contributed by atoms with Gasteiger partial charge >= 0.3 is 6.09 Å². The molecule has 2 rings (SSSR count). The van der Waals surface area contributed by atoms with Gasteiger partial charge in [-0.05, 0) is 45.7 Å². The van der Waals surface area contributed by atoms with Gasteiger partial charge in [0.25, 0.3) is 5.91 Å². The van der Waals surface area contributed by atoms with E-state index in [1.165, 1.54) is 11.0 Å². The predicted octanol–water partition coefficient (Wildman–Crippen LogP) is 3.86. The van der Waals surface area contributed by atoms with Crippen molar-refractivity contribution in [3.63, 3.8) is 0 Å². The van der Waals surface area contributed by atoms with Crippen LogP contribution >= 0.6 is 15.9 Å². The summed E-state index contributed by atoms with van der Waals surface area (Å²) in [5, 5.41) is 2.76. The third-order valence-corrected chi connectivity index (χ3v) is 4.18. The molecule has 0 atom stereocenters. The number of nitrogens with one attached hydrogen (secondary N) is 1. The molecule has 0 radical (unpaired) electrons. The molecule has 1 heterocycles. The van der Waals surface area contributed by atoms with Crippen molar-refractivity contribution in [2.24, 2.45) is 0 Å². The summed E-state index contributed by atoms with van der Waals surface area (Å²) >= 11 is 3.06. The van der Waals surface area contributed by atoms with Crippen molar-refractivity contribution in [1.29, 1.82) is 0 Å². The van der Waals surface area contributed by atoms with Gasteiger partial charge in [-0.3, -0.25) is 4.79 Å². The lowest BCUT2D eigenvalue weighted by Crippen LogP contribution is -2.47. The van der Waals surface area contributed by atoms with Crippen molar-refractivity contribution >= 4 is 27.9 Å². The Morgan fingerprint density at radius 2 is 1.84 bits per heavy atom. The first-order valence-corrected chi connectivity index (χ1v) is 8.79. The topological polar surface area (TPSA) is 58.6 Å². The van der Waals surface area contributed by atoms with E-state index in [9.17, 15) is 18.4 Å². The number of ether oxygens (including phenoxy) is 1. The molecule has 1 aliphatic heterocycles. The third-order valence-electron chi connectivity index (χ3n) is 3.73. The SMILES string of the molecule is CC(C)(C)OC(=O)NC1CCN(C(=O)c2cc(Br)cc(F)c2F)CC1. The number of likely N-dealkylation sites (tertiary alicyclic amines) is 1. The number of carbonyl (C=O) groups excluding carboxylic acids is 2. The molecule has 8 heteroatoms. The summed E-state index contributed by atoms with van der Waals surface area (Å²) in [5.74, 6) is -2.78. The highest BCUT2D eigenvalue weighted by molar-refractivity contribution is 9.10. The normalized spacial score (nSPS) is 15.8. The number of rotatable bonds is 2. The minimum absolute atomic E-state index is 0.122. The first-order chi connectivity index (χ1) is 11.6. The summed E-state index contributed by atoms with van der Waals surface area (Å²) in [4.78, 5) is 25.7. The number of halogens is 3. The standard InChI is InChI=1S/C17H21BrF2N2O3/c1-17(2,3)25-16(24)21-11-4-6-22(7-5-11)15(23)12-8-10(18)9-13(19)14(12)20/h8-9,11H,4-7H2,1-3H3,(H,21,24). The van der Waals surface area contributed by atoms with Crippen LogP contribution < -0.4 is 5.32 Å². The maximum absolute atomic E-state index is 13.9. The largest absolute Gasteiger partial charge is 0.444 e. The number of alkyl carbamates (subject to hydrolysis) is 1. The van der Waals surface area contributed by atoms with E-state index in [0.717, 1.165) is 6.07 Å². The number of benzene rings is 1. The van der Waals surface area contributed by atoms with Gasteiger partial charge in [0.1, 0.15) is 5.60 Å². The molecule has 0 unspecified atom stereocenters. The minimum Gasteiger partial charge on any atom is -0.444 e. The Morgan fingerprint density at radius 1 is 1.24 bits per heavy atom. The Kier molecular flexibility index (Phi) is 6.03. The molecule has 0 aliphatic carbocycles. The van der Waals surface area contributed by atoms with Crippen molar-refractivity contribution < 1.29 is 23.1 Å². The molecule has 1 saturated heterocycles. The Hall–Kier alpha value is -1.70. The number of hydrogen-bond donors (Lipinski definition) is 1. The quantitative estimate of drug-likeness (QED) is 0.741. The zero-order chi connectivity index (χ0) is 18.8. The van der Waals surface area contributed by atoms with Gasteiger partial charge in [0, 0.05) is 23.6 Å². The lowest BCUT2D eigenvalue weighted by atomic mass is 10.0. The van der Waals surface area contributed by atoms with Crippen LogP contribution in [0.3, 0.4) is 0 Å². The molecule has 5 nitrogen and oxygen atoms in total. The molecular formula is C17H21BrF2N2O3. The molecule has 1 aromatic rings. The number of nitrogens with zero attached hydrogens (tertiary/aromatic N) is 1. The van der Waals surface area contributed by atoms with Crippen LogP contribution in [0.25, 0.3) is 0 Å². The number of carbonyl (C=O) groups is 2. The van der Waals surface area contributed by atoms with E-state index in [0.29, 0.717) is 30.4 Å². The molecule has 0 spiro atoms. The lowest BCUT2D eigenvalue weighted by molar-refractivity contribution is 0.0473. The molecule has 1 N–H and O–H groups in total. The molecule has 0 saturated carbocycles. The van der Waals surface area contributed by atoms with Crippen molar-refractivity contribution in [3.8, 4) is 0 Å². The van der Waals surface area contributed by atoms with Crippen LogP contribution in [0.2, 0.25) is 0 Å². The molecular weight excluding hydrogens is 398 g/mol. The van der Waals surface area contributed by atoms with Gasteiger partial charge in [-0.25, -0.2) is 13.6 Å². The second-order valence-electron chi connectivity index (χ2n) is 6.96. The highest BCUT2D eigenvalue weighted by Crippen LogP contribution is 2.22. The van der Waals surface area contributed by atoms with Gasteiger partial charge in [-0.2, -0.15) is 0 Å². The van der Waals surface area contributed by atoms with Gasteiger partial charge in [0.2, 0.25) is 0 Å². The predicted molar refractivity (Wildman–Crippen MR) is 92.4 cm³/mol. The lowest BCUT2D eigenvalue weighted by Gasteiger charge is -2.33. The van der Waals surface area contributed by atoms with Gasteiger partial charge in [0.05, 0.1) is 5.56 Å². The first kappa shape index (κ1) is 19.6. The Morgan fingerprint density at radius 3 is 2.40 bits per heavy atom. The Labute approximate surface area is 153 Å². The summed E-state index contributed by atoms with van der Waals surface area (Å²) in [7, 11) is 0. The van der Waals surface area contributed by atoms with Crippen molar-refractivity contribution in [2.75, 3.05) is 13.1 Å². The molecule has 2 amide bonds. The van der Waals surface area contributed by atoms with E-state index in [1.807, 2.05) is 0 Å². The smallest absolute Gasteiger partial charge is 0.407 e. The molecule has 1 fully saturated rings. The van der Waals surface area contributed by atoms with Gasteiger partial charge in [-0.15, -0.1) is 0 Å². The van der Waals surface area contributed by atoms with Crippen LogP contribution in [-0.4, -0.2) is 41.6 Å². The van der Waals surface area contributed by atoms with E-state index in [4.69, 9.17) is 4.74 Å². The Bertz CT molecular complexity index is 669. The van der Waals surface area contributed by atoms with E-state index in [1.54, 1.807) is 20.8 Å². The fourth-order valence-electron chi connectivity index (χ4n) is 2.58. The molecule has 1 aliphatic rings. The van der Waals surface area contributed by atoms with Gasteiger partial charge in [-0.1, -0.05) is 15.9 Å². The first-order valence-electron chi connectivity index (χ1n) is 8.00. The highest BCUT2D eigenvalue weighted by atomic mass is 79.9. The summed E-state index contributed by atoms with van der Waals surface area (Å²) < 4.78 is 32.8. The average molecular weight is 419 g/mol. The number of hydrogen-bond acceptors (Lipinski definition) is 3. The summed E-state index contributed by atoms with van der Waals surface area (Å²) in [6.07, 6.45) is 0.531. The van der Waals surface area contributed by atoms with E-state index < -0.39 is 29.2 Å². The fourth-order valence-corrected chi connectivity index (χ4v) is 3.01. The second-order valence-corrected chi connectivity index (χ2v) is 7.88. The second kappa shape index (κ2) is 7.68. The number of amides is 2. The van der Waals surface area contributed by atoms with Crippen LogP contribution in [0.4, 0.5) is 13.6 Å². The van der Waals surface area contributed by atoms with Gasteiger partial charge < -0.3 is 15.0 Å². The van der Waals surface area contributed by atoms with Crippen LogP contribution in [0.15, 0.2) is 16.6 Å². The summed E-state index contributed by atoms with van der Waals surface area (Å²) in [5.41, 5.74) is -0.881. The molecule has 0 bridgehead atoms. The van der Waals surface area contributed by atoms with Crippen LogP contribution in [0.1, 0.15) is 44.0 Å². The molecule has 1 aromatic carbocycles. The van der Waals surface area contributed by atoms with E-state index in [-0.39, 0.29) is 11.6 Å². The maximum Gasteiger partial charge on any atom is 0.407 e. The van der Waals surface area contributed by atoms with Crippen molar-refractivity contribution in [2.45, 2.75) is 45.3 Å². The zero-order valence-electron chi connectivity index (χ0n) is 14.4. The number of piperidine rings is 1. The van der Waals surface area contributed by atoms with Crippen LogP contribution in [0.5, 0.6) is 0 Å². The van der Waals surface area contributed by atoms with E-state index >= 15 is 0 Å². The maximum atomic E-state index is 13.9. The van der Waals surface area contributed by atoms with Gasteiger partial charge in [0.15, 0.2) is 11.6 Å². The van der Waals surface area contributed by atoms with Crippen molar-refractivity contribution in [3.05, 3.63) is 33.8 Å². The minimum atomic E-state index is -1.15. The summed E-state index contributed by atoms with van der Waals surface area (Å²) in [6, 6.07) is 2.12. The Balaban J connectivity index is 1.94. The summed E-state index contributed by atoms with van der Waals surface area (Å²) in [6.45, 7) is 6.01. The van der Waals surface area contributed by atoms with Crippen LogP contribution in [0, 0.1) is 11.6 Å².